The van der Waals surface area contributed by atoms with E-state index in [4.69, 9.17) is 5.41 Å². The molecule has 1 nitrogen and oxygen atoms in total. The minimum Gasteiger partial charge on any atom is -0.309 e. The fourth-order valence-corrected chi connectivity index (χ4v) is 1.20. The van der Waals surface area contributed by atoms with E-state index in [-0.39, 0.29) is 5.41 Å². The molecule has 1 aliphatic carbocycles. The summed E-state index contributed by atoms with van der Waals surface area (Å²) < 4.78 is 0. The summed E-state index contributed by atoms with van der Waals surface area (Å²) in [6, 6.07) is 0. The molecule has 0 radical (unpaired) electrons. The molecule has 0 atom stereocenters. The Hall–Kier alpha value is -0.330. The van der Waals surface area contributed by atoms with Crippen molar-refractivity contribution in [3.05, 3.63) is 0 Å². The number of nitrogens with one attached hydrogen (secondary N) is 1. The van der Waals surface area contributed by atoms with Gasteiger partial charge in [0.2, 0.25) is 0 Å². The van der Waals surface area contributed by atoms with Crippen LogP contribution in [0.1, 0.15) is 40.0 Å². The van der Waals surface area contributed by atoms with Crippen molar-refractivity contribution in [1.82, 2.24) is 0 Å². The lowest BCUT2D eigenvalue weighted by Gasteiger charge is -2.22. The van der Waals surface area contributed by atoms with Crippen molar-refractivity contribution in [2.75, 3.05) is 0 Å². The topological polar surface area (TPSA) is 23.9 Å². The van der Waals surface area contributed by atoms with Crippen molar-refractivity contribution in [3.63, 3.8) is 0 Å². The Morgan fingerprint density at radius 1 is 1.50 bits per heavy atom. The van der Waals surface area contributed by atoms with E-state index >= 15 is 0 Å². The van der Waals surface area contributed by atoms with Crippen LogP contribution in [0.3, 0.4) is 0 Å². The highest BCUT2D eigenvalue weighted by molar-refractivity contribution is 5.84. The first-order chi connectivity index (χ1) is 4.52. The zero-order valence-corrected chi connectivity index (χ0v) is 7.20. The van der Waals surface area contributed by atoms with Gasteiger partial charge in [-0.15, -0.1) is 0 Å². The molecule has 1 aliphatic rings. The molecule has 0 aromatic rings. The van der Waals surface area contributed by atoms with E-state index in [1.807, 2.05) is 6.92 Å². The zero-order valence-electron chi connectivity index (χ0n) is 7.20. The van der Waals surface area contributed by atoms with Gasteiger partial charge in [-0.25, -0.2) is 0 Å². The number of rotatable bonds is 3. The van der Waals surface area contributed by atoms with Gasteiger partial charge in [-0.2, -0.15) is 0 Å². The molecule has 0 aromatic heterocycles. The van der Waals surface area contributed by atoms with E-state index in [1.54, 1.807) is 0 Å². The molecule has 1 fully saturated rings. The molecule has 0 unspecified atom stereocenters. The summed E-state index contributed by atoms with van der Waals surface area (Å²) in [5.74, 6) is 0.940. The quantitative estimate of drug-likeness (QED) is 0.581. The van der Waals surface area contributed by atoms with Gasteiger partial charge < -0.3 is 5.41 Å². The van der Waals surface area contributed by atoms with Gasteiger partial charge in [-0.3, -0.25) is 0 Å². The van der Waals surface area contributed by atoms with Gasteiger partial charge in [0.15, 0.2) is 0 Å². The summed E-state index contributed by atoms with van der Waals surface area (Å²) in [7, 11) is 0. The highest BCUT2D eigenvalue weighted by Gasteiger charge is 2.31. The summed E-state index contributed by atoms with van der Waals surface area (Å²) in [5.41, 5.74) is 1.00. The van der Waals surface area contributed by atoms with Crippen LogP contribution in [0, 0.1) is 16.7 Å². The Kier molecular flexibility index (Phi) is 1.84. The molecular weight excluding hydrogens is 122 g/mol. The van der Waals surface area contributed by atoms with Crippen molar-refractivity contribution in [2.24, 2.45) is 11.3 Å². The summed E-state index contributed by atoms with van der Waals surface area (Å²) in [6.45, 7) is 6.27. The molecule has 0 bridgehead atoms. The molecule has 1 rings (SSSR count). The lowest BCUT2D eigenvalue weighted by atomic mass is 9.83. The minimum atomic E-state index is 0.168. The average molecular weight is 139 g/mol. The summed E-state index contributed by atoms with van der Waals surface area (Å²) in [4.78, 5) is 0. The molecule has 0 saturated heterocycles. The SMILES string of the molecule is CC(=N)C(C)(C)CC1CC1. The summed E-state index contributed by atoms with van der Waals surface area (Å²) in [6.07, 6.45) is 4.02. The normalized spacial score (nSPS) is 19.1. The first kappa shape index (κ1) is 7.77. The summed E-state index contributed by atoms with van der Waals surface area (Å²) >= 11 is 0. The van der Waals surface area contributed by atoms with Gasteiger partial charge in [0.25, 0.3) is 0 Å². The Morgan fingerprint density at radius 2 is 2.00 bits per heavy atom. The highest BCUT2D eigenvalue weighted by atomic mass is 14.5. The fourth-order valence-electron chi connectivity index (χ4n) is 1.20. The molecule has 0 heterocycles. The first-order valence-electron chi connectivity index (χ1n) is 4.08. The molecule has 0 aromatic carbocycles. The Bertz CT molecular complexity index is 143. The van der Waals surface area contributed by atoms with Crippen LogP contribution in [0.4, 0.5) is 0 Å². The third kappa shape index (κ3) is 1.83. The largest absolute Gasteiger partial charge is 0.309 e. The van der Waals surface area contributed by atoms with E-state index in [1.165, 1.54) is 19.3 Å². The number of hydrogen-bond donors (Lipinski definition) is 1. The summed E-state index contributed by atoms with van der Waals surface area (Å²) in [5, 5.41) is 7.52. The van der Waals surface area contributed by atoms with Gasteiger partial charge in [0.05, 0.1) is 0 Å². The van der Waals surface area contributed by atoms with Crippen LogP contribution in [-0.2, 0) is 0 Å². The Labute approximate surface area is 63.3 Å². The van der Waals surface area contributed by atoms with Gasteiger partial charge >= 0.3 is 0 Å². The maximum Gasteiger partial charge on any atom is 0.0114 e. The highest BCUT2D eigenvalue weighted by Crippen LogP contribution is 2.40. The van der Waals surface area contributed by atoms with Gasteiger partial charge in [-0.1, -0.05) is 26.7 Å². The molecule has 1 N–H and O–H groups in total. The number of hydrogen-bond acceptors (Lipinski definition) is 1. The Balaban J connectivity index is 2.40. The van der Waals surface area contributed by atoms with Crippen LogP contribution < -0.4 is 0 Å². The lowest BCUT2D eigenvalue weighted by molar-refractivity contribution is 0.439. The minimum absolute atomic E-state index is 0.168. The van der Waals surface area contributed by atoms with E-state index in [0.29, 0.717) is 0 Å². The molecule has 10 heavy (non-hydrogen) atoms. The monoisotopic (exact) mass is 139 g/mol. The molecule has 1 heteroatoms. The van der Waals surface area contributed by atoms with Crippen LogP contribution in [0.2, 0.25) is 0 Å². The second kappa shape index (κ2) is 2.37. The maximum atomic E-state index is 7.52. The molecule has 0 spiro atoms. The maximum absolute atomic E-state index is 7.52. The third-order valence-electron chi connectivity index (χ3n) is 2.51. The van der Waals surface area contributed by atoms with Crippen LogP contribution in [0.25, 0.3) is 0 Å². The van der Waals surface area contributed by atoms with E-state index in [9.17, 15) is 0 Å². The molecule has 0 amide bonds. The molecular formula is C9H17N. The first-order valence-corrected chi connectivity index (χ1v) is 4.08. The third-order valence-corrected chi connectivity index (χ3v) is 2.51. The van der Waals surface area contributed by atoms with Crippen LogP contribution in [0.5, 0.6) is 0 Å². The second-order valence-electron chi connectivity index (χ2n) is 4.16. The second-order valence-corrected chi connectivity index (χ2v) is 4.16. The lowest BCUT2D eigenvalue weighted by Crippen LogP contribution is -2.21. The zero-order chi connectivity index (χ0) is 7.78. The van der Waals surface area contributed by atoms with E-state index in [0.717, 1.165) is 11.6 Å². The van der Waals surface area contributed by atoms with Crippen molar-refractivity contribution < 1.29 is 0 Å². The smallest absolute Gasteiger partial charge is 0.0114 e. The van der Waals surface area contributed by atoms with Crippen LogP contribution in [-0.4, -0.2) is 5.71 Å². The van der Waals surface area contributed by atoms with Crippen molar-refractivity contribution in [2.45, 2.75) is 40.0 Å². The van der Waals surface area contributed by atoms with E-state index in [2.05, 4.69) is 13.8 Å². The van der Waals surface area contributed by atoms with Crippen molar-refractivity contribution >= 4 is 5.71 Å². The standard InChI is InChI=1S/C9H17N/c1-7(10)9(2,3)6-8-4-5-8/h8,10H,4-6H2,1-3H3. The van der Waals surface area contributed by atoms with Gasteiger partial charge in [0.1, 0.15) is 0 Å². The van der Waals surface area contributed by atoms with E-state index < -0.39 is 0 Å². The van der Waals surface area contributed by atoms with Gasteiger partial charge in [0, 0.05) is 11.1 Å². The van der Waals surface area contributed by atoms with Crippen molar-refractivity contribution in [1.29, 1.82) is 5.41 Å². The average Bonchev–Trinajstić information content (AvgIpc) is 2.48. The molecule has 0 aliphatic heterocycles. The predicted molar refractivity (Wildman–Crippen MR) is 44.5 cm³/mol. The predicted octanol–water partition coefficient (Wildman–Crippen LogP) is 2.85. The molecule has 58 valence electrons. The van der Waals surface area contributed by atoms with Crippen LogP contribution in [0.15, 0.2) is 0 Å². The van der Waals surface area contributed by atoms with Crippen molar-refractivity contribution in [3.8, 4) is 0 Å². The van der Waals surface area contributed by atoms with Crippen LogP contribution >= 0.6 is 0 Å². The fraction of sp³-hybridized carbons (Fsp3) is 0.889. The molecule has 1 saturated carbocycles. The van der Waals surface area contributed by atoms with Gasteiger partial charge in [-0.05, 0) is 19.3 Å². The Morgan fingerprint density at radius 3 is 2.30 bits per heavy atom.